The second kappa shape index (κ2) is 10.5. The van der Waals surface area contributed by atoms with Crippen LogP contribution in [-0.2, 0) is 4.79 Å². The van der Waals surface area contributed by atoms with E-state index in [9.17, 15) is 14.7 Å². The number of benzene rings is 1. The third kappa shape index (κ3) is 5.96. The number of methoxy groups -OCH3 is 1. The molecule has 0 heterocycles. The second-order valence-electron chi connectivity index (χ2n) is 5.64. The Morgan fingerprint density at radius 1 is 1.25 bits per heavy atom. The molecule has 1 rings (SSSR count). The van der Waals surface area contributed by atoms with Crippen LogP contribution in [0.25, 0.3) is 0 Å². The minimum atomic E-state index is -0.915. The summed E-state index contributed by atoms with van der Waals surface area (Å²) in [5.74, 6) is -0.619. The lowest BCUT2D eigenvalue weighted by Crippen LogP contribution is -2.18. The van der Waals surface area contributed by atoms with Crippen LogP contribution in [0, 0.1) is 9.49 Å². The molecule has 0 spiro atoms. The predicted octanol–water partition coefficient (Wildman–Crippen LogP) is 4.55. The molecule has 134 valence electrons. The Hall–Kier alpha value is -1.31. The summed E-state index contributed by atoms with van der Waals surface area (Å²) in [6.45, 7) is 4.58. The highest BCUT2D eigenvalue weighted by atomic mass is 127. The topological polar surface area (TPSA) is 72.8 Å². The Bertz CT molecular complexity index is 571. The van der Waals surface area contributed by atoms with Crippen molar-refractivity contribution in [3.05, 3.63) is 21.3 Å². The van der Waals surface area contributed by atoms with Crippen LogP contribution in [0.3, 0.4) is 0 Å². The highest BCUT2D eigenvalue weighted by Gasteiger charge is 2.23. The number of halogens is 1. The van der Waals surface area contributed by atoms with Gasteiger partial charge < -0.3 is 14.6 Å². The Balaban J connectivity index is 2.97. The zero-order chi connectivity index (χ0) is 18.1. The molecule has 1 aromatic rings. The molecule has 1 unspecified atom stereocenters. The Labute approximate surface area is 156 Å². The average molecular weight is 448 g/mol. The zero-order valence-corrected chi connectivity index (χ0v) is 16.6. The Kier molecular flexibility index (Phi) is 9.10. The monoisotopic (exact) mass is 448 g/mol. The molecular formula is C18H25IO5. The Morgan fingerprint density at radius 2 is 1.96 bits per heavy atom. The Morgan fingerprint density at radius 3 is 2.50 bits per heavy atom. The fraction of sp³-hybridized carbons (Fsp3) is 0.556. The molecule has 24 heavy (non-hydrogen) atoms. The first-order valence-electron chi connectivity index (χ1n) is 8.20. The summed E-state index contributed by atoms with van der Waals surface area (Å²) in [5.41, 5.74) is 0.461. The van der Waals surface area contributed by atoms with Crippen LogP contribution in [-0.4, -0.2) is 30.6 Å². The molecule has 0 saturated heterocycles. The molecule has 1 N–H and O–H groups in total. The average Bonchev–Trinajstić information content (AvgIpc) is 2.56. The van der Waals surface area contributed by atoms with Gasteiger partial charge in [0, 0.05) is 12.0 Å². The van der Waals surface area contributed by atoms with E-state index in [0.717, 1.165) is 22.8 Å². The van der Waals surface area contributed by atoms with Crippen LogP contribution in [0.4, 0.5) is 0 Å². The molecule has 1 aromatic carbocycles. The summed E-state index contributed by atoms with van der Waals surface area (Å²) in [5, 5.41) is 9.29. The van der Waals surface area contributed by atoms with E-state index < -0.39 is 11.9 Å². The van der Waals surface area contributed by atoms with E-state index in [-0.39, 0.29) is 12.2 Å². The minimum Gasteiger partial charge on any atom is -0.493 e. The number of ether oxygens (including phenoxy) is 2. The lowest BCUT2D eigenvalue weighted by Gasteiger charge is -2.15. The van der Waals surface area contributed by atoms with E-state index in [4.69, 9.17) is 9.47 Å². The molecule has 1 atom stereocenters. The number of aliphatic carboxylic acids is 1. The fourth-order valence-electron chi connectivity index (χ4n) is 2.33. The van der Waals surface area contributed by atoms with Gasteiger partial charge in [0.25, 0.3) is 0 Å². The van der Waals surface area contributed by atoms with E-state index in [1.807, 2.05) is 13.8 Å². The van der Waals surface area contributed by atoms with Crippen molar-refractivity contribution in [2.24, 2.45) is 5.92 Å². The number of ketones is 1. The zero-order valence-electron chi connectivity index (χ0n) is 14.4. The van der Waals surface area contributed by atoms with Crippen molar-refractivity contribution in [3.8, 4) is 11.5 Å². The third-order valence-corrected chi connectivity index (χ3v) is 4.49. The van der Waals surface area contributed by atoms with Crippen LogP contribution >= 0.6 is 22.6 Å². The molecule has 0 amide bonds. The first kappa shape index (κ1) is 20.7. The summed E-state index contributed by atoms with van der Waals surface area (Å²) in [4.78, 5) is 23.8. The van der Waals surface area contributed by atoms with Crippen molar-refractivity contribution in [2.75, 3.05) is 13.7 Å². The number of carbonyl (C=O) groups is 2. The standard InChI is InChI=1S/C18H25IO5/c1-4-6-7-12(18(21)22)10-15(20)13-9-14(19)17(24-8-5-2)16(11-13)23-3/h9,11-12H,4-8,10H2,1-3H3,(H,21,22). The normalized spacial score (nSPS) is 11.8. The molecule has 5 nitrogen and oxygen atoms in total. The van der Waals surface area contributed by atoms with E-state index in [1.54, 1.807) is 12.1 Å². The lowest BCUT2D eigenvalue weighted by molar-refractivity contribution is -0.141. The van der Waals surface area contributed by atoms with E-state index in [0.29, 0.717) is 30.1 Å². The first-order valence-corrected chi connectivity index (χ1v) is 9.28. The smallest absolute Gasteiger partial charge is 0.306 e. The summed E-state index contributed by atoms with van der Waals surface area (Å²) in [7, 11) is 1.53. The maximum absolute atomic E-state index is 12.5. The van der Waals surface area contributed by atoms with Crippen LogP contribution in [0.5, 0.6) is 11.5 Å². The number of hydrogen-bond donors (Lipinski definition) is 1. The van der Waals surface area contributed by atoms with Gasteiger partial charge in [-0.25, -0.2) is 0 Å². The number of carbonyl (C=O) groups excluding carboxylic acids is 1. The van der Waals surface area contributed by atoms with Gasteiger partial charge >= 0.3 is 5.97 Å². The van der Waals surface area contributed by atoms with Gasteiger partial charge in [-0.2, -0.15) is 0 Å². The molecule has 0 fully saturated rings. The predicted molar refractivity (Wildman–Crippen MR) is 101 cm³/mol. The molecule has 0 saturated carbocycles. The molecule has 0 bridgehead atoms. The van der Waals surface area contributed by atoms with Crippen molar-refractivity contribution in [1.82, 2.24) is 0 Å². The van der Waals surface area contributed by atoms with Crippen molar-refractivity contribution < 1.29 is 24.2 Å². The second-order valence-corrected chi connectivity index (χ2v) is 6.80. The third-order valence-electron chi connectivity index (χ3n) is 3.69. The number of carboxylic acids is 1. The van der Waals surface area contributed by atoms with E-state index in [1.165, 1.54) is 7.11 Å². The number of carboxylic acid groups (broad SMARTS) is 1. The maximum atomic E-state index is 12.5. The van der Waals surface area contributed by atoms with Gasteiger partial charge in [0.2, 0.25) is 0 Å². The molecule has 0 aliphatic carbocycles. The van der Waals surface area contributed by atoms with Gasteiger partial charge in [0.05, 0.1) is 23.2 Å². The van der Waals surface area contributed by atoms with E-state index >= 15 is 0 Å². The number of hydrogen-bond acceptors (Lipinski definition) is 4. The number of Topliss-reactive ketones (excluding diaryl/α,β-unsaturated/α-hetero) is 1. The molecule has 0 aliphatic rings. The van der Waals surface area contributed by atoms with Crippen LogP contribution in [0.2, 0.25) is 0 Å². The molecule has 0 aliphatic heterocycles. The fourth-order valence-corrected chi connectivity index (χ4v) is 3.09. The minimum absolute atomic E-state index is 0.00370. The highest BCUT2D eigenvalue weighted by Crippen LogP contribution is 2.34. The quantitative estimate of drug-likeness (QED) is 0.397. The summed E-state index contributed by atoms with van der Waals surface area (Å²) < 4.78 is 11.8. The van der Waals surface area contributed by atoms with Crippen LogP contribution in [0.15, 0.2) is 12.1 Å². The van der Waals surface area contributed by atoms with Crippen molar-refractivity contribution in [2.45, 2.75) is 46.0 Å². The maximum Gasteiger partial charge on any atom is 0.306 e. The SMILES string of the molecule is CCCCC(CC(=O)c1cc(I)c(OCCC)c(OC)c1)C(=O)O. The van der Waals surface area contributed by atoms with Crippen molar-refractivity contribution in [1.29, 1.82) is 0 Å². The van der Waals surface area contributed by atoms with Crippen molar-refractivity contribution >= 4 is 34.3 Å². The first-order chi connectivity index (χ1) is 11.4. The van der Waals surface area contributed by atoms with Gasteiger partial charge in [-0.1, -0.05) is 26.7 Å². The largest absolute Gasteiger partial charge is 0.493 e. The summed E-state index contributed by atoms with van der Waals surface area (Å²) in [6.07, 6.45) is 3.10. The number of unbranched alkanes of at least 4 members (excludes halogenated alkanes) is 1. The van der Waals surface area contributed by atoms with E-state index in [2.05, 4.69) is 22.6 Å². The van der Waals surface area contributed by atoms with Gasteiger partial charge in [-0.05, 0) is 47.6 Å². The highest BCUT2D eigenvalue weighted by molar-refractivity contribution is 14.1. The molecule has 6 heteroatoms. The van der Waals surface area contributed by atoms with Gasteiger partial charge in [-0.3, -0.25) is 9.59 Å². The van der Waals surface area contributed by atoms with Gasteiger partial charge in [-0.15, -0.1) is 0 Å². The molecular weight excluding hydrogens is 423 g/mol. The molecule has 0 aromatic heterocycles. The van der Waals surface area contributed by atoms with Gasteiger partial charge in [0.15, 0.2) is 17.3 Å². The van der Waals surface area contributed by atoms with Gasteiger partial charge in [0.1, 0.15) is 0 Å². The molecule has 0 radical (unpaired) electrons. The van der Waals surface area contributed by atoms with Crippen LogP contribution < -0.4 is 9.47 Å². The van der Waals surface area contributed by atoms with Crippen molar-refractivity contribution in [3.63, 3.8) is 0 Å². The van der Waals surface area contributed by atoms with Crippen LogP contribution in [0.1, 0.15) is 56.3 Å². The number of rotatable bonds is 11. The summed E-state index contributed by atoms with van der Waals surface area (Å²) in [6, 6.07) is 3.36. The summed E-state index contributed by atoms with van der Waals surface area (Å²) >= 11 is 2.10. The lowest BCUT2D eigenvalue weighted by atomic mass is 9.93.